The highest BCUT2D eigenvalue weighted by Crippen LogP contribution is 2.33. The first-order valence-corrected chi connectivity index (χ1v) is 3.87. The van der Waals surface area contributed by atoms with E-state index in [4.69, 9.17) is 11.5 Å². The largest absolute Gasteiger partial charge is 0.383 e. The van der Waals surface area contributed by atoms with Crippen LogP contribution in [0.15, 0.2) is 6.07 Å². The van der Waals surface area contributed by atoms with Crippen molar-refractivity contribution in [3.63, 3.8) is 0 Å². The first-order chi connectivity index (χ1) is 7.34. The molecule has 0 aliphatic carbocycles. The third-order valence-corrected chi connectivity index (χ3v) is 1.73. The van der Waals surface area contributed by atoms with Crippen LogP contribution in [0.1, 0.15) is 22.5 Å². The van der Waals surface area contributed by atoms with Gasteiger partial charge in [-0.05, 0) is 0 Å². The van der Waals surface area contributed by atoms with Crippen molar-refractivity contribution < 1.29 is 18.5 Å². The predicted molar refractivity (Wildman–Crippen MR) is 48.8 cm³/mol. The highest BCUT2D eigenvalue weighted by molar-refractivity contribution is 5.92. The zero-order valence-electron chi connectivity index (χ0n) is 7.68. The first-order valence-electron chi connectivity index (χ1n) is 3.87. The molecule has 0 aliphatic heterocycles. The van der Waals surface area contributed by atoms with Crippen LogP contribution in [0.3, 0.4) is 0 Å². The number of nitro groups is 1. The molecule has 1 amide bonds. The van der Waals surface area contributed by atoms with Crippen LogP contribution in [0.25, 0.3) is 0 Å². The highest BCUT2D eigenvalue weighted by Gasteiger charge is 2.27. The fourth-order valence-corrected chi connectivity index (χ4v) is 1.06. The van der Waals surface area contributed by atoms with E-state index in [1.165, 1.54) is 0 Å². The SMILES string of the molecule is NC(=O)c1cc([N+](=O)[O-])c(C(F)F)c(N)n1. The second kappa shape index (κ2) is 4.04. The number of rotatable bonds is 3. The van der Waals surface area contributed by atoms with Gasteiger partial charge in [0.1, 0.15) is 17.1 Å². The van der Waals surface area contributed by atoms with E-state index in [2.05, 4.69) is 4.98 Å². The lowest BCUT2D eigenvalue weighted by Crippen LogP contribution is -2.16. The molecule has 7 nitrogen and oxygen atoms in total. The number of hydrogen-bond donors (Lipinski definition) is 2. The molecule has 1 rings (SSSR count). The van der Waals surface area contributed by atoms with Gasteiger partial charge in [-0.15, -0.1) is 0 Å². The number of nitrogens with two attached hydrogens (primary N) is 2. The van der Waals surface area contributed by atoms with Gasteiger partial charge in [-0.3, -0.25) is 14.9 Å². The lowest BCUT2D eigenvalue weighted by Gasteiger charge is -2.05. The van der Waals surface area contributed by atoms with Crippen molar-refractivity contribution in [2.45, 2.75) is 6.43 Å². The minimum Gasteiger partial charge on any atom is -0.383 e. The van der Waals surface area contributed by atoms with Crippen LogP contribution >= 0.6 is 0 Å². The van der Waals surface area contributed by atoms with Crippen LogP contribution < -0.4 is 11.5 Å². The van der Waals surface area contributed by atoms with E-state index >= 15 is 0 Å². The molecule has 0 atom stereocenters. The number of primary amides is 1. The van der Waals surface area contributed by atoms with Gasteiger partial charge in [0.15, 0.2) is 0 Å². The lowest BCUT2D eigenvalue weighted by molar-refractivity contribution is -0.386. The molecular weight excluding hydrogens is 226 g/mol. The summed E-state index contributed by atoms with van der Waals surface area (Å²) in [5, 5.41) is 10.5. The molecule has 1 aromatic rings. The van der Waals surface area contributed by atoms with Crippen LogP contribution in [-0.2, 0) is 0 Å². The number of carbonyl (C=O) groups is 1. The summed E-state index contributed by atoms with van der Waals surface area (Å²) in [5.41, 5.74) is 7.38. The van der Waals surface area contributed by atoms with Crippen molar-refractivity contribution in [3.8, 4) is 0 Å². The van der Waals surface area contributed by atoms with E-state index in [9.17, 15) is 23.7 Å². The summed E-state index contributed by atoms with van der Waals surface area (Å²) >= 11 is 0. The standard InChI is InChI=1S/C7H6F2N4O3/c8-5(9)4-3(13(15)16)1-2(7(11)14)12-6(4)10/h1,5H,(H2,10,12)(H2,11,14). The van der Waals surface area contributed by atoms with Gasteiger partial charge in [0.25, 0.3) is 18.0 Å². The average Bonchev–Trinajstić information content (AvgIpc) is 2.15. The first kappa shape index (κ1) is 11.8. The van der Waals surface area contributed by atoms with Gasteiger partial charge < -0.3 is 11.5 Å². The van der Waals surface area contributed by atoms with Crippen molar-refractivity contribution in [3.05, 3.63) is 27.4 Å². The number of amides is 1. The van der Waals surface area contributed by atoms with Crippen LogP contribution in [0.5, 0.6) is 0 Å². The molecule has 0 fully saturated rings. The fourth-order valence-electron chi connectivity index (χ4n) is 1.06. The number of hydrogen-bond acceptors (Lipinski definition) is 5. The zero-order valence-corrected chi connectivity index (χ0v) is 7.68. The summed E-state index contributed by atoms with van der Waals surface area (Å²) in [6.07, 6.45) is -3.16. The van der Waals surface area contributed by atoms with Crippen molar-refractivity contribution in [1.29, 1.82) is 0 Å². The van der Waals surface area contributed by atoms with Gasteiger partial charge in [0.2, 0.25) is 0 Å². The molecule has 0 spiro atoms. The number of nitrogen functional groups attached to an aromatic ring is 1. The number of halogens is 2. The van der Waals surface area contributed by atoms with Crippen LogP contribution in [-0.4, -0.2) is 15.8 Å². The molecule has 0 aromatic carbocycles. The number of anilines is 1. The Morgan fingerprint density at radius 3 is 2.50 bits per heavy atom. The van der Waals surface area contributed by atoms with E-state index < -0.39 is 40.0 Å². The molecule has 86 valence electrons. The second-order valence-corrected chi connectivity index (χ2v) is 2.75. The highest BCUT2D eigenvalue weighted by atomic mass is 19.3. The summed E-state index contributed by atoms with van der Waals surface area (Å²) in [4.78, 5) is 23.4. The van der Waals surface area contributed by atoms with Crippen molar-refractivity contribution in [2.75, 3.05) is 5.73 Å². The average molecular weight is 232 g/mol. The summed E-state index contributed by atoms with van der Waals surface area (Å²) in [6, 6.07) is 0.570. The summed E-state index contributed by atoms with van der Waals surface area (Å²) in [6.45, 7) is 0. The maximum absolute atomic E-state index is 12.4. The van der Waals surface area contributed by atoms with Crippen molar-refractivity contribution >= 4 is 17.4 Å². The molecule has 0 bridgehead atoms. The molecule has 16 heavy (non-hydrogen) atoms. The monoisotopic (exact) mass is 232 g/mol. The Hall–Kier alpha value is -2.32. The number of aromatic nitrogens is 1. The Morgan fingerprint density at radius 1 is 1.56 bits per heavy atom. The summed E-state index contributed by atoms with van der Waals surface area (Å²) in [5.74, 6) is -1.87. The quantitative estimate of drug-likeness (QED) is 0.583. The number of pyridine rings is 1. The van der Waals surface area contributed by atoms with Gasteiger partial charge in [0.05, 0.1) is 4.92 Å². The third-order valence-electron chi connectivity index (χ3n) is 1.73. The zero-order chi connectivity index (χ0) is 12.5. The molecule has 0 aliphatic rings. The molecule has 4 N–H and O–H groups in total. The Bertz CT molecular complexity index is 463. The second-order valence-electron chi connectivity index (χ2n) is 2.75. The molecular formula is C7H6F2N4O3. The van der Waals surface area contributed by atoms with Gasteiger partial charge >= 0.3 is 0 Å². The van der Waals surface area contributed by atoms with Crippen molar-refractivity contribution in [2.24, 2.45) is 5.73 Å². The topological polar surface area (TPSA) is 125 Å². The van der Waals surface area contributed by atoms with E-state index in [0.717, 1.165) is 0 Å². The Morgan fingerprint density at radius 2 is 2.12 bits per heavy atom. The Balaban J connectivity index is 3.52. The minimum atomic E-state index is -3.16. The van der Waals surface area contributed by atoms with Gasteiger partial charge in [-0.1, -0.05) is 0 Å². The van der Waals surface area contributed by atoms with Crippen LogP contribution in [0.4, 0.5) is 20.3 Å². The Kier molecular flexibility index (Phi) is 2.97. The van der Waals surface area contributed by atoms with E-state index in [1.54, 1.807) is 0 Å². The molecule has 1 heterocycles. The summed E-state index contributed by atoms with van der Waals surface area (Å²) in [7, 11) is 0. The third kappa shape index (κ3) is 2.02. The molecule has 1 aromatic heterocycles. The van der Waals surface area contributed by atoms with E-state index in [1.807, 2.05) is 0 Å². The molecule has 0 radical (unpaired) electrons. The smallest absolute Gasteiger partial charge is 0.284 e. The van der Waals surface area contributed by atoms with Crippen molar-refractivity contribution in [1.82, 2.24) is 4.98 Å². The number of carbonyl (C=O) groups excluding carboxylic acids is 1. The Labute approximate surface area is 87.2 Å². The lowest BCUT2D eigenvalue weighted by atomic mass is 10.2. The van der Waals surface area contributed by atoms with Crippen LogP contribution in [0.2, 0.25) is 0 Å². The molecule has 0 unspecified atom stereocenters. The van der Waals surface area contributed by atoms with Crippen LogP contribution in [0, 0.1) is 10.1 Å². The minimum absolute atomic E-state index is 0.534. The summed E-state index contributed by atoms with van der Waals surface area (Å²) < 4.78 is 24.9. The van der Waals surface area contributed by atoms with E-state index in [0.29, 0.717) is 6.07 Å². The normalized spacial score (nSPS) is 10.4. The maximum Gasteiger partial charge on any atom is 0.284 e. The number of alkyl halides is 2. The van der Waals surface area contributed by atoms with E-state index in [-0.39, 0.29) is 0 Å². The van der Waals surface area contributed by atoms with Gasteiger partial charge in [-0.25, -0.2) is 13.8 Å². The predicted octanol–water partition coefficient (Wildman–Crippen LogP) is 0.609. The fraction of sp³-hybridized carbons (Fsp3) is 0.143. The van der Waals surface area contributed by atoms with Gasteiger partial charge in [0, 0.05) is 6.07 Å². The molecule has 9 heteroatoms. The number of nitrogens with zero attached hydrogens (tertiary/aromatic N) is 2. The van der Waals surface area contributed by atoms with Gasteiger partial charge in [-0.2, -0.15) is 0 Å². The maximum atomic E-state index is 12.4. The molecule has 0 saturated heterocycles. The molecule has 0 saturated carbocycles.